The minimum absolute atomic E-state index is 0.121. The number of hydrogen-bond donors (Lipinski definition) is 2. The molecule has 1 aromatic heterocycles. The van der Waals surface area contributed by atoms with Crippen LogP contribution in [0.4, 0.5) is 4.79 Å². The van der Waals surface area contributed by atoms with E-state index in [4.69, 9.17) is 14.2 Å². The Morgan fingerprint density at radius 2 is 1.98 bits per heavy atom. The van der Waals surface area contributed by atoms with Crippen molar-refractivity contribution in [1.29, 1.82) is 0 Å². The highest BCUT2D eigenvalue weighted by atomic mass is 16.6. The SMILES string of the molecule is CCOC(=O)[C@@]12C[C@H]1C=CCCCCC[C@H](NC(=O)OC(C)(C)C)C(=O)N1C[C@H](Oc3cccc4ccncc34)C[C@H]1C(=O)N2. The van der Waals surface area contributed by atoms with Crippen molar-refractivity contribution in [1.82, 2.24) is 20.5 Å². The summed E-state index contributed by atoms with van der Waals surface area (Å²) in [5.74, 6) is -0.914. The second-order valence-electron chi connectivity index (χ2n) is 13.1. The summed E-state index contributed by atoms with van der Waals surface area (Å²) in [7, 11) is 0. The molecule has 2 aliphatic heterocycles. The fourth-order valence-electron chi connectivity index (χ4n) is 6.21. The lowest BCUT2D eigenvalue weighted by molar-refractivity contribution is -0.150. The monoisotopic (exact) mass is 620 g/mol. The number of hydrogen-bond acceptors (Lipinski definition) is 8. The van der Waals surface area contributed by atoms with Crippen LogP contribution in [0.5, 0.6) is 5.75 Å². The first-order valence-corrected chi connectivity index (χ1v) is 16.0. The number of allylic oxidation sites excluding steroid dienone is 1. The van der Waals surface area contributed by atoms with Crippen LogP contribution in [0.25, 0.3) is 10.8 Å². The van der Waals surface area contributed by atoms with Gasteiger partial charge in [0.25, 0.3) is 0 Å². The summed E-state index contributed by atoms with van der Waals surface area (Å²) in [5, 5.41) is 7.52. The maximum Gasteiger partial charge on any atom is 0.408 e. The van der Waals surface area contributed by atoms with Crippen molar-refractivity contribution in [3.05, 3.63) is 48.8 Å². The smallest absolute Gasteiger partial charge is 0.408 e. The molecule has 5 rings (SSSR count). The number of benzene rings is 1. The van der Waals surface area contributed by atoms with Gasteiger partial charge in [0.05, 0.1) is 13.2 Å². The van der Waals surface area contributed by atoms with Gasteiger partial charge in [0.1, 0.15) is 35.1 Å². The summed E-state index contributed by atoms with van der Waals surface area (Å²) in [6.45, 7) is 7.32. The van der Waals surface area contributed by atoms with Crippen molar-refractivity contribution in [2.75, 3.05) is 13.2 Å². The molecule has 0 radical (unpaired) electrons. The molecule has 2 fully saturated rings. The number of rotatable bonds is 5. The van der Waals surface area contributed by atoms with Crippen LogP contribution in [-0.2, 0) is 23.9 Å². The summed E-state index contributed by atoms with van der Waals surface area (Å²) in [6, 6.07) is 5.74. The third-order valence-corrected chi connectivity index (χ3v) is 8.51. The zero-order chi connectivity index (χ0) is 32.2. The topological polar surface area (TPSA) is 136 Å². The first-order valence-electron chi connectivity index (χ1n) is 16.0. The summed E-state index contributed by atoms with van der Waals surface area (Å²) < 4.78 is 17.3. The molecule has 0 bridgehead atoms. The number of nitrogens with one attached hydrogen (secondary N) is 2. The Morgan fingerprint density at radius 1 is 1.16 bits per heavy atom. The average Bonchev–Trinajstić information content (AvgIpc) is 3.51. The number of fused-ring (bicyclic) bond motifs is 3. The van der Waals surface area contributed by atoms with E-state index in [1.54, 1.807) is 40.1 Å². The zero-order valence-corrected chi connectivity index (χ0v) is 26.5. The predicted octanol–water partition coefficient (Wildman–Crippen LogP) is 4.43. The summed E-state index contributed by atoms with van der Waals surface area (Å²) in [6.07, 6.45) is 10.5. The van der Waals surface area contributed by atoms with Gasteiger partial charge in [-0.15, -0.1) is 0 Å². The lowest BCUT2D eigenvalue weighted by atomic mass is 10.0. The molecule has 1 saturated carbocycles. The van der Waals surface area contributed by atoms with Crippen LogP contribution >= 0.6 is 0 Å². The summed E-state index contributed by atoms with van der Waals surface area (Å²) >= 11 is 0. The van der Waals surface area contributed by atoms with Gasteiger partial charge in [0, 0.05) is 30.1 Å². The van der Waals surface area contributed by atoms with E-state index in [-0.39, 0.29) is 25.5 Å². The van der Waals surface area contributed by atoms with E-state index in [0.29, 0.717) is 25.0 Å². The van der Waals surface area contributed by atoms with E-state index < -0.39 is 53.2 Å². The number of nitrogens with zero attached hydrogens (tertiary/aromatic N) is 2. The second kappa shape index (κ2) is 13.5. The van der Waals surface area contributed by atoms with Crippen molar-refractivity contribution in [3.8, 4) is 5.75 Å². The normalized spacial score (nSPS) is 27.3. The van der Waals surface area contributed by atoms with Gasteiger partial charge in [-0.2, -0.15) is 0 Å². The van der Waals surface area contributed by atoms with E-state index in [0.717, 1.165) is 30.0 Å². The molecule has 5 atom stereocenters. The van der Waals surface area contributed by atoms with E-state index in [1.807, 2.05) is 36.4 Å². The van der Waals surface area contributed by atoms with Crippen molar-refractivity contribution in [2.24, 2.45) is 5.92 Å². The first-order chi connectivity index (χ1) is 21.5. The van der Waals surface area contributed by atoms with Crippen LogP contribution in [0, 0.1) is 5.92 Å². The Bertz CT molecular complexity index is 1450. The number of pyridine rings is 1. The molecule has 3 heterocycles. The minimum Gasteiger partial charge on any atom is -0.488 e. The number of ether oxygens (including phenoxy) is 3. The summed E-state index contributed by atoms with van der Waals surface area (Å²) in [4.78, 5) is 60.0. The number of carbonyl (C=O) groups is 4. The van der Waals surface area contributed by atoms with Gasteiger partial charge in [-0.3, -0.25) is 14.6 Å². The standard InChI is InChI=1S/C34H44N4O7/c1-5-43-31(41)34-19-23(34)13-9-7-6-8-10-14-26(36-32(42)45-33(2,3)4)30(40)38-21-24(18-27(38)29(39)37-34)44-28-15-11-12-22-16-17-35-20-25(22)28/h9,11-13,15-17,20,23-24,26-27H,5-8,10,14,18-19,21H2,1-4H3,(H,36,42)(H,37,39)/t23-,24-,26+,27+,34-/m1/s1. The third kappa shape index (κ3) is 7.57. The average molecular weight is 621 g/mol. The lowest BCUT2D eigenvalue weighted by Gasteiger charge is -2.30. The van der Waals surface area contributed by atoms with Crippen molar-refractivity contribution >= 4 is 34.6 Å². The molecular weight excluding hydrogens is 576 g/mol. The molecule has 45 heavy (non-hydrogen) atoms. The Hall–Kier alpha value is -4.15. The van der Waals surface area contributed by atoms with Gasteiger partial charge >= 0.3 is 12.1 Å². The molecule has 11 nitrogen and oxygen atoms in total. The molecule has 1 saturated heterocycles. The van der Waals surface area contributed by atoms with Gasteiger partial charge < -0.3 is 29.7 Å². The Balaban J connectivity index is 1.45. The summed E-state index contributed by atoms with van der Waals surface area (Å²) in [5.41, 5.74) is -1.92. The van der Waals surface area contributed by atoms with E-state index in [2.05, 4.69) is 15.6 Å². The molecule has 3 aliphatic rings. The van der Waals surface area contributed by atoms with Gasteiger partial charge in [0.15, 0.2) is 0 Å². The molecule has 11 heteroatoms. The molecule has 1 aliphatic carbocycles. The maximum absolute atomic E-state index is 14.2. The third-order valence-electron chi connectivity index (χ3n) is 8.51. The van der Waals surface area contributed by atoms with Gasteiger partial charge in [-0.05, 0) is 70.9 Å². The fraction of sp³-hybridized carbons (Fsp3) is 0.559. The number of esters is 1. The largest absolute Gasteiger partial charge is 0.488 e. The highest BCUT2D eigenvalue weighted by molar-refractivity contribution is 5.96. The molecule has 2 N–H and O–H groups in total. The zero-order valence-electron chi connectivity index (χ0n) is 26.5. The Kier molecular flexibility index (Phi) is 9.65. The van der Waals surface area contributed by atoms with Crippen LogP contribution in [0.3, 0.4) is 0 Å². The molecule has 242 valence electrons. The van der Waals surface area contributed by atoms with Gasteiger partial charge in [0.2, 0.25) is 11.8 Å². The fourth-order valence-corrected chi connectivity index (χ4v) is 6.21. The Labute approximate surface area is 264 Å². The van der Waals surface area contributed by atoms with Crippen LogP contribution in [0.1, 0.15) is 72.6 Å². The quantitative estimate of drug-likeness (QED) is 0.370. The Morgan fingerprint density at radius 3 is 2.76 bits per heavy atom. The predicted molar refractivity (Wildman–Crippen MR) is 167 cm³/mol. The van der Waals surface area contributed by atoms with Crippen molar-refractivity contribution in [2.45, 2.75) is 102 Å². The highest BCUT2D eigenvalue weighted by Crippen LogP contribution is 2.46. The molecule has 2 aromatic rings. The first kappa shape index (κ1) is 32.2. The molecule has 0 unspecified atom stereocenters. The van der Waals surface area contributed by atoms with E-state index in [1.165, 1.54) is 4.90 Å². The van der Waals surface area contributed by atoms with E-state index in [9.17, 15) is 19.2 Å². The van der Waals surface area contributed by atoms with Crippen LogP contribution < -0.4 is 15.4 Å². The van der Waals surface area contributed by atoms with Crippen LogP contribution in [-0.4, -0.2) is 76.2 Å². The van der Waals surface area contributed by atoms with Gasteiger partial charge in [-0.1, -0.05) is 37.1 Å². The van der Waals surface area contributed by atoms with Crippen molar-refractivity contribution in [3.63, 3.8) is 0 Å². The molecule has 3 amide bonds. The number of carbonyl (C=O) groups excluding carboxylic acids is 4. The molecular formula is C34H44N4O7. The van der Waals surface area contributed by atoms with Gasteiger partial charge in [-0.25, -0.2) is 9.59 Å². The second-order valence-corrected chi connectivity index (χ2v) is 13.1. The van der Waals surface area contributed by atoms with Crippen LogP contribution in [0.15, 0.2) is 48.8 Å². The van der Waals surface area contributed by atoms with E-state index >= 15 is 0 Å². The molecule has 0 spiro atoms. The number of amides is 3. The number of aromatic nitrogens is 1. The van der Waals surface area contributed by atoms with Crippen LogP contribution in [0.2, 0.25) is 0 Å². The lowest BCUT2D eigenvalue weighted by Crippen LogP contribution is -2.56. The number of alkyl carbamates (subject to hydrolysis) is 1. The highest BCUT2D eigenvalue weighted by Gasteiger charge is 2.62. The maximum atomic E-state index is 14.2. The molecule has 1 aromatic carbocycles. The minimum atomic E-state index is -1.17. The van der Waals surface area contributed by atoms with Crippen molar-refractivity contribution < 1.29 is 33.4 Å².